The van der Waals surface area contributed by atoms with E-state index < -0.39 is 5.97 Å². The Morgan fingerprint density at radius 3 is 2.41 bits per heavy atom. The van der Waals surface area contributed by atoms with E-state index in [4.69, 9.17) is 15.6 Å². The summed E-state index contributed by atoms with van der Waals surface area (Å²) in [5.41, 5.74) is 0.414. The van der Waals surface area contributed by atoms with Crippen LogP contribution in [0, 0.1) is 22.7 Å². The van der Waals surface area contributed by atoms with Gasteiger partial charge in [0, 0.05) is 5.39 Å². The average molecular weight is 222 g/mol. The maximum absolute atomic E-state index is 11.0. The molecule has 0 fully saturated rings. The Kier molecular flexibility index (Phi) is 2.48. The minimum absolute atomic E-state index is 0.0808. The number of aromatic carboxylic acids is 1. The molecule has 0 heterocycles. The monoisotopic (exact) mass is 222 g/mol. The summed E-state index contributed by atoms with van der Waals surface area (Å²) in [5, 5.41) is 28.0. The first kappa shape index (κ1) is 10.7. The average Bonchev–Trinajstić information content (AvgIpc) is 2.36. The standard InChI is InChI=1S/C13H6N2O2/c14-6-9-3-1-2-8-4-10(7-15)12(13(16)17)5-11(8)9/h1-5H,(H,16,17). The molecule has 0 amide bonds. The molecule has 17 heavy (non-hydrogen) atoms. The number of nitriles is 2. The SMILES string of the molecule is N#Cc1cc2cccc(C#N)c2cc1C(=O)O. The molecule has 0 radical (unpaired) electrons. The number of nitrogens with zero attached hydrogens (tertiary/aromatic N) is 2. The Balaban J connectivity index is 2.91. The zero-order valence-electron chi connectivity index (χ0n) is 8.64. The van der Waals surface area contributed by atoms with E-state index in [1.165, 1.54) is 12.1 Å². The fourth-order valence-corrected chi connectivity index (χ4v) is 1.69. The van der Waals surface area contributed by atoms with Crippen LogP contribution < -0.4 is 0 Å². The third kappa shape index (κ3) is 1.68. The fourth-order valence-electron chi connectivity index (χ4n) is 1.69. The zero-order valence-corrected chi connectivity index (χ0v) is 8.64. The first-order valence-corrected chi connectivity index (χ1v) is 4.77. The van der Waals surface area contributed by atoms with Gasteiger partial charge in [-0.05, 0) is 23.6 Å². The number of benzene rings is 2. The van der Waals surface area contributed by atoms with Crippen LogP contribution in [0.25, 0.3) is 10.8 Å². The quantitative estimate of drug-likeness (QED) is 0.802. The smallest absolute Gasteiger partial charge is 0.337 e. The van der Waals surface area contributed by atoms with E-state index in [0.29, 0.717) is 16.3 Å². The lowest BCUT2D eigenvalue weighted by molar-refractivity contribution is 0.0696. The first-order valence-electron chi connectivity index (χ1n) is 4.77. The van der Waals surface area contributed by atoms with E-state index in [0.717, 1.165) is 0 Å². The summed E-state index contributed by atoms with van der Waals surface area (Å²) in [6, 6.07) is 11.7. The van der Waals surface area contributed by atoms with Crippen molar-refractivity contribution in [3.63, 3.8) is 0 Å². The van der Waals surface area contributed by atoms with Crippen LogP contribution in [0.1, 0.15) is 21.5 Å². The van der Waals surface area contributed by atoms with E-state index in [9.17, 15) is 4.79 Å². The predicted molar refractivity (Wildman–Crippen MR) is 60.3 cm³/mol. The third-order valence-electron chi connectivity index (χ3n) is 2.49. The van der Waals surface area contributed by atoms with Crippen molar-refractivity contribution in [1.82, 2.24) is 0 Å². The topological polar surface area (TPSA) is 84.9 Å². The van der Waals surface area contributed by atoms with Gasteiger partial charge in [0.2, 0.25) is 0 Å². The number of rotatable bonds is 1. The zero-order chi connectivity index (χ0) is 12.4. The van der Waals surface area contributed by atoms with Gasteiger partial charge >= 0.3 is 5.97 Å². The van der Waals surface area contributed by atoms with Crippen molar-refractivity contribution in [3.8, 4) is 12.1 Å². The molecule has 2 aromatic carbocycles. The van der Waals surface area contributed by atoms with Crippen LogP contribution in [-0.2, 0) is 0 Å². The summed E-state index contributed by atoms with van der Waals surface area (Å²) in [7, 11) is 0. The molecule has 0 saturated carbocycles. The van der Waals surface area contributed by atoms with Crippen LogP contribution in [0.2, 0.25) is 0 Å². The highest BCUT2D eigenvalue weighted by Gasteiger charge is 2.12. The molecule has 4 heteroatoms. The van der Waals surface area contributed by atoms with E-state index in [1.54, 1.807) is 18.2 Å². The lowest BCUT2D eigenvalue weighted by atomic mass is 9.98. The minimum atomic E-state index is -1.17. The molecule has 0 saturated heterocycles. The maximum Gasteiger partial charge on any atom is 0.337 e. The molecule has 0 unspecified atom stereocenters. The Morgan fingerprint density at radius 2 is 1.82 bits per heavy atom. The van der Waals surface area contributed by atoms with Gasteiger partial charge in [-0.3, -0.25) is 0 Å². The second-order valence-electron chi connectivity index (χ2n) is 3.45. The van der Waals surface area contributed by atoms with Crippen molar-refractivity contribution in [2.24, 2.45) is 0 Å². The van der Waals surface area contributed by atoms with Gasteiger partial charge in [-0.25, -0.2) is 4.79 Å². The molecule has 0 bridgehead atoms. The van der Waals surface area contributed by atoms with E-state index >= 15 is 0 Å². The summed E-state index contributed by atoms with van der Waals surface area (Å²) < 4.78 is 0. The Bertz CT molecular complexity index is 706. The van der Waals surface area contributed by atoms with Crippen LogP contribution in [-0.4, -0.2) is 11.1 Å². The van der Waals surface area contributed by atoms with Gasteiger partial charge in [0.05, 0.1) is 22.8 Å². The summed E-state index contributed by atoms with van der Waals surface area (Å²) in [6.45, 7) is 0. The van der Waals surface area contributed by atoms with Gasteiger partial charge < -0.3 is 5.11 Å². The molecule has 0 spiro atoms. The third-order valence-corrected chi connectivity index (χ3v) is 2.49. The van der Waals surface area contributed by atoms with Gasteiger partial charge in [0.1, 0.15) is 6.07 Å². The van der Waals surface area contributed by atoms with Crippen LogP contribution >= 0.6 is 0 Å². The molecule has 2 aromatic rings. The lowest BCUT2D eigenvalue weighted by Crippen LogP contribution is -2.00. The van der Waals surface area contributed by atoms with Crippen LogP contribution in [0.3, 0.4) is 0 Å². The Labute approximate surface area is 96.9 Å². The lowest BCUT2D eigenvalue weighted by Gasteiger charge is -2.03. The molecular formula is C13H6N2O2. The molecule has 80 valence electrons. The van der Waals surface area contributed by atoms with E-state index in [2.05, 4.69) is 0 Å². The van der Waals surface area contributed by atoms with E-state index in [1.807, 2.05) is 12.1 Å². The van der Waals surface area contributed by atoms with Gasteiger partial charge in [-0.15, -0.1) is 0 Å². The number of carbonyl (C=O) groups is 1. The van der Waals surface area contributed by atoms with Crippen molar-refractivity contribution in [3.05, 3.63) is 47.0 Å². The van der Waals surface area contributed by atoms with Crippen molar-refractivity contribution >= 4 is 16.7 Å². The Morgan fingerprint density at radius 1 is 1.12 bits per heavy atom. The van der Waals surface area contributed by atoms with Gasteiger partial charge in [-0.1, -0.05) is 12.1 Å². The maximum atomic E-state index is 11.0. The minimum Gasteiger partial charge on any atom is -0.478 e. The Hall–Kier alpha value is -2.85. The second kappa shape index (κ2) is 3.96. The number of hydrogen-bond acceptors (Lipinski definition) is 3. The van der Waals surface area contributed by atoms with Crippen molar-refractivity contribution < 1.29 is 9.90 Å². The molecule has 0 aliphatic heterocycles. The summed E-state index contributed by atoms with van der Waals surface area (Å²) >= 11 is 0. The second-order valence-corrected chi connectivity index (χ2v) is 3.45. The first-order chi connectivity index (χ1) is 8.17. The molecule has 0 aromatic heterocycles. The molecule has 1 N–H and O–H groups in total. The molecule has 0 aliphatic carbocycles. The largest absolute Gasteiger partial charge is 0.478 e. The molecule has 2 rings (SSSR count). The van der Waals surface area contributed by atoms with E-state index in [-0.39, 0.29) is 11.1 Å². The number of hydrogen-bond donors (Lipinski definition) is 1. The molecule has 0 aliphatic rings. The molecule has 4 nitrogen and oxygen atoms in total. The number of carboxylic acids is 1. The highest BCUT2D eigenvalue weighted by Crippen LogP contribution is 2.23. The van der Waals surface area contributed by atoms with Crippen molar-refractivity contribution in [2.75, 3.05) is 0 Å². The highest BCUT2D eigenvalue weighted by molar-refractivity contribution is 5.99. The van der Waals surface area contributed by atoms with Crippen LogP contribution in [0.15, 0.2) is 30.3 Å². The summed E-state index contributed by atoms with van der Waals surface area (Å²) in [4.78, 5) is 11.0. The van der Waals surface area contributed by atoms with Gasteiger partial charge in [0.15, 0.2) is 0 Å². The van der Waals surface area contributed by atoms with Gasteiger partial charge in [0.25, 0.3) is 0 Å². The predicted octanol–water partition coefficient (Wildman–Crippen LogP) is 2.28. The number of carboxylic acid groups (broad SMARTS) is 1. The van der Waals surface area contributed by atoms with Crippen LogP contribution in [0.5, 0.6) is 0 Å². The fraction of sp³-hybridized carbons (Fsp3) is 0. The molecular weight excluding hydrogens is 216 g/mol. The summed E-state index contributed by atoms with van der Waals surface area (Å²) in [6.07, 6.45) is 0. The van der Waals surface area contributed by atoms with Crippen LogP contribution in [0.4, 0.5) is 0 Å². The van der Waals surface area contributed by atoms with Gasteiger partial charge in [-0.2, -0.15) is 10.5 Å². The normalized spacial score (nSPS) is 9.53. The number of fused-ring (bicyclic) bond motifs is 1. The van der Waals surface area contributed by atoms with Crippen molar-refractivity contribution in [1.29, 1.82) is 10.5 Å². The summed E-state index contributed by atoms with van der Waals surface area (Å²) in [5.74, 6) is -1.17. The van der Waals surface area contributed by atoms with Crippen molar-refractivity contribution in [2.45, 2.75) is 0 Å². The molecule has 0 atom stereocenters. The highest BCUT2D eigenvalue weighted by atomic mass is 16.4.